The van der Waals surface area contributed by atoms with Gasteiger partial charge in [-0.05, 0) is 0 Å². The molecule has 2 unspecified atom stereocenters. The van der Waals surface area contributed by atoms with Crippen LogP contribution in [0.4, 0.5) is 0 Å². The maximum absolute atomic E-state index is 10.8. The third kappa shape index (κ3) is 2.19. The highest BCUT2D eigenvalue weighted by Gasteiger charge is 2.30. The number of carbonyl (C=O) groups excluding carboxylic acids is 1. The average molecular weight is 210 g/mol. The van der Waals surface area contributed by atoms with Gasteiger partial charge in [-0.3, -0.25) is 9.35 Å². The molecule has 0 aromatic rings. The van der Waals surface area contributed by atoms with E-state index in [4.69, 9.17) is 10.3 Å². The molecule has 0 bridgehead atoms. The molecule has 12 heavy (non-hydrogen) atoms. The van der Waals surface area contributed by atoms with Crippen molar-refractivity contribution < 1.29 is 13.6 Å². The fraction of sp³-hybridized carbons (Fsp3) is 0.800. The van der Waals surface area contributed by atoms with Gasteiger partial charge in [0.1, 0.15) is 6.04 Å². The summed E-state index contributed by atoms with van der Waals surface area (Å²) in [6.07, 6.45) is 0. The summed E-state index contributed by atoms with van der Waals surface area (Å²) in [5.74, 6) is 0.724. The van der Waals surface area contributed by atoms with Gasteiger partial charge in [0.2, 0.25) is 17.2 Å². The molecule has 7 heteroatoms. The van der Waals surface area contributed by atoms with Crippen molar-refractivity contribution in [3.8, 4) is 0 Å². The van der Waals surface area contributed by atoms with Crippen LogP contribution in [0.15, 0.2) is 0 Å². The molecular weight excluding hydrogens is 200 g/mol. The van der Waals surface area contributed by atoms with E-state index in [-0.39, 0.29) is 0 Å². The van der Waals surface area contributed by atoms with Crippen LogP contribution in [0.1, 0.15) is 0 Å². The van der Waals surface area contributed by atoms with Gasteiger partial charge >= 0.3 is 0 Å². The summed E-state index contributed by atoms with van der Waals surface area (Å²) < 4.78 is 20.7. The van der Waals surface area contributed by atoms with Crippen molar-refractivity contribution in [2.75, 3.05) is 18.1 Å². The Kier molecular flexibility index (Phi) is 3.51. The molecule has 1 rings (SSSR count). The zero-order valence-corrected chi connectivity index (χ0v) is 7.94. The van der Waals surface area contributed by atoms with Gasteiger partial charge in [-0.1, -0.05) is 0 Å². The molecular formula is C5H10N2O3S2. The zero-order chi connectivity index (χ0) is 9.14. The van der Waals surface area contributed by atoms with Crippen molar-refractivity contribution in [1.29, 1.82) is 0 Å². The van der Waals surface area contributed by atoms with Crippen LogP contribution in [-0.4, -0.2) is 43.1 Å². The Balaban J connectivity index is 2.67. The van der Waals surface area contributed by atoms with Crippen LogP contribution in [0.3, 0.4) is 0 Å². The number of hydrogen-bond donors (Lipinski definition) is 2. The minimum atomic E-state index is -2.08. The molecule has 1 aliphatic heterocycles. The average Bonchev–Trinajstić information content (AvgIpc) is 2.04. The lowest BCUT2D eigenvalue weighted by Crippen LogP contribution is -2.50. The van der Waals surface area contributed by atoms with Crippen molar-refractivity contribution in [2.45, 2.75) is 6.04 Å². The molecule has 2 atom stereocenters. The fourth-order valence-electron chi connectivity index (χ4n) is 0.999. The first-order valence-electron chi connectivity index (χ1n) is 3.37. The Morgan fingerprint density at radius 1 is 1.75 bits per heavy atom. The predicted molar refractivity (Wildman–Crippen MR) is 47.8 cm³/mol. The van der Waals surface area contributed by atoms with Gasteiger partial charge in [-0.15, -0.1) is 0 Å². The first-order chi connectivity index (χ1) is 5.63. The van der Waals surface area contributed by atoms with E-state index in [9.17, 15) is 9.00 Å². The molecule has 1 heterocycles. The minimum Gasteiger partial charge on any atom is -0.368 e. The number of rotatable bonds is 2. The van der Waals surface area contributed by atoms with Gasteiger partial charge in [0.15, 0.2) is 0 Å². The quantitative estimate of drug-likeness (QED) is 0.574. The largest absolute Gasteiger partial charge is 0.368 e. The number of primary amides is 1. The van der Waals surface area contributed by atoms with E-state index in [0.29, 0.717) is 12.3 Å². The van der Waals surface area contributed by atoms with E-state index in [2.05, 4.69) is 0 Å². The number of nitrogens with zero attached hydrogens (tertiary/aromatic N) is 1. The van der Waals surface area contributed by atoms with Gasteiger partial charge in [-0.2, -0.15) is 16.1 Å². The lowest BCUT2D eigenvalue weighted by atomic mass is 10.3. The third-order valence-corrected chi connectivity index (χ3v) is 3.47. The maximum Gasteiger partial charge on any atom is 0.236 e. The van der Waals surface area contributed by atoms with Gasteiger partial charge in [-0.25, -0.2) is 4.21 Å². The molecule has 0 saturated carbocycles. The highest BCUT2D eigenvalue weighted by molar-refractivity contribution is 7.99. The first-order valence-corrected chi connectivity index (χ1v) is 5.59. The van der Waals surface area contributed by atoms with Crippen LogP contribution < -0.4 is 5.73 Å². The van der Waals surface area contributed by atoms with E-state index in [1.54, 1.807) is 11.8 Å². The summed E-state index contributed by atoms with van der Waals surface area (Å²) in [4.78, 5) is 10.8. The SMILES string of the molecule is NC(=O)C1CSCCN1S(=O)O. The standard InChI is InChI=1S/C5H10N2O3S2/c6-5(8)4-3-11-2-1-7(4)12(9)10/h4H,1-3H2,(H2,6,8)(H,9,10). The Bertz CT molecular complexity index is 189. The van der Waals surface area contributed by atoms with E-state index < -0.39 is 23.2 Å². The second kappa shape index (κ2) is 4.22. The van der Waals surface area contributed by atoms with E-state index >= 15 is 0 Å². The molecule has 0 aromatic carbocycles. The van der Waals surface area contributed by atoms with Crippen molar-refractivity contribution >= 4 is 28.9 Å². The van der Waals surface area contributed by atoms with Crippen LogP contribution in [0.25, 0.3) is 0 Å². The summed E-state index contributed by atoms with van der Waals surface area (Å²) in [6.45, 7) is 0.432. The number of carbonyl (C=O) groups is 1. The molecule has 5 nitrogen and oxygen atoms in total. The Morgan fingerprint density at radius 2 is 2.42 bits per heavy atom. The smallest absolute Gasteiger partial charge is 0.236 e. The molecule has 1 amide bonds. The normalized spacial score (nSPS) is 28.2. The fourth-order valence-corrected chi connectivity index (χ4v) is 2.91. The lowest BCUT2D eigenvalue weighted by Gasteiger charge is -2.29. The Hall–Kier alpha value is -0.110. The minimum absolute atomic E-state index is 0.432. The highest BCUT2D eigenvalue weighted by atomic mass is 32.2. The van der Waals surface area contributed by atoms with E-state index in [1.165, 1.54) is 4.31 Å². The van der Waals surface area contributed by atoms with Crippen molar-refractivity contribution in [3.05, 3.63) is 0 Å². The molecule has 0 spiro atoms. The van der Waals surface area contributed by atoms with Gasteiger partial charge in [0, 0.05) is 18.1 Å². The first kappa shape index (κ1) is 9.97. The number of nitrogens with two attached hydrogens (primary N) is 1. The predicted octanol–water partition coefficient (Wildman–Crippen LogP) is -0.974. The molecule has 1 saturated heterocycles. The molecule has 3 N–H and O–H groups in total. The highest BCUT2D eigenvalue weighted by Crippen LogP contribution is 2.16. The molecule has 70 valence electrons. The summed E-state index contributed by atoms with van der Waals surface area (Å²) in [6, 6.07) is -0.602. The van der Waals surface area contributed by atoms with Gasteiger partial charge < -0.3 is 5.73 Å². The second-order valence-corrected chi connectivity index (χ2v) is 4.44. The van der Waals surface area contributed by atoms with Crippen molar-refractivity contribution in [2.24, 2.45) is 5.73 Å². The van der Waals surface area contributed by atoms with Crippen molar-refractivity contribution in [1.82, 2.24) is 4.31 Å². The van der Waals surface area contributed by atoms with Crippen LogP contribution in [0, 0.1) is 0 Å². The number of amides is 1. The van der Waals surface area contributed by atoms with Crippen molar-refractivity contribution in [3.63, 3.8) is 0 Å². The monoisotopic (exact) mass is 210 g/mol. The van der Waals surface area contributed by atoms with E-state index in [0.717, 1.165) is 5.75 Å². The Labute approximate surface area is 77.1 Å². The maximum atomic E-state index is 10.8. The summed E-state index contributed by atoms with van der Waals surface area (Å²) in [5.41, 5.74) is 5.06. The zero-order valence-electron chi connectivity index (χ0n) is 6.30. The molecule has 0 aromatic heterocycles. The van der Waals surface area contributed by atoms with E-state index in [1.807, 2.05) is 0 Å². The summed E-state index contributed by atoms with van der Waals surface area (Å²) in [7, 11) is 0. The molecule has 0 radical (unpaired) electrons. The molecule has 1 fully saturated rings. The summed E-state index contributed by atoms with van der Waals surface area (Å²) >= 11 is -0.519. The number of thioether (sulfide) groups is 1. The number of hydrogen-bond acceptors (Lipinski definition) is 3. The topological polar surface area (TPSA) is 83.6 Å². The Morgan fingerprint density at radius 3 is 2.83 bits per heavy atom. The summed E-state index contributed by atoms with van der Waals surface area (Å²) in [5, 5.41) is 0. The lowest BCUT2D eigenvalue weighted by molar-refractivity contribution is -0.121. The van der Waals surface area contributed by atoms with Crippen LogP contribution in [-0.2, 0) is 16.1 Å². The van der Waals surface area contributed by atoms with Gasteiger partial charge in [0.05, 0.1) is 0 Å². The van der Waals surface area contributed by atoms with Crippen LogP contribution >= 0.6 is 11.8 Å². The third-order valence-electron chi connectivity index (χ3n) is 1.61. The van der Waals surface area contributed by atoms with Gasteiger partial charge in [0.25, 0.3) is 0 Å². The molecule has 0 aliphatic carbocycles. The van der Waals surface area contributed by atoms with Crippen LogP contribution in [0.2, 0.25) is 0 Å². The molecule has 1 aliphatic rings. The van der Waals surface area contributed by atoms with Crippen LogP contribution in [0.5, 0.6) is 0 Å². The second-order valence-electron chi connectivity index (χ2n) is 2.36.